The summed E-state index contributed by atoms with van der Waals surface area (Å²) >= 11 is 6.02. The fourth-order valence-corrected chi connectivity index (χ4v) is 3.47. The Morgan fingerprint density at radius 1 is 1.25 bits per heavy atom. The Kier molecular flexibility index (Phi) is 7.18. The highest BCUT2D eigenvalue weighted by atomic mass is 35.5. The minimum atomic E-state index is -0.524. The molecule has 0 aromatic heterocycles. The molecule has 2 aromatic carbocycles. The van der Waals surface area contributed by atoms with Crippen molar-refractivity contribution in [2.75, 3.05) is 26.2 Å². The van der Waals surface area contributed by atoms with Crippen LogP contribution in [0.5, 0.6) is 11.5 Å². The Balaban J connectivity index is 1.53. The number of nitrogens with one attached hydrogen (secondary N) is 1. The van der Waals surface area contributed by atoms with Crippen LogP contribution in [0.2, 0.25) is 5.02 Å². The van der Waals surface area contributed by atoms with Crippen LogP contribution in [0.4, 0.5) is 0 Å². The summed E-state index contributed by atoms with van der Waals surface area (Å²) in [7, 11) is 0. The van der Waals surface area contributed by atoms with Crippen LogP contribution in [-0.2, 0) is 17.8 Å². The zero-order valence-electron chi connectivity index (χ0n) is 16.4. The molecule has 0 fully saturated rings. The van der Waals surface area contributed by atoms with Gasteiger partial charge in [0.1, 0.15) is 18.1 Å². The number of nitrogens with zero attached hydrogens (tertiary/aromatic N) is 1. The van der Waals surface area contributed by atoms with E-state index in [0.29, 0.717) is 24.6 Å². The molecule has 1 heterocycles. The maximum absolute atomic E-state index is 12.5. The van der Waals surface area contributed by atoms with Crippen molar-refractivity contribution in [3.8, 4) is 11.5 Å². The topological polar surface area (TPSA) is 50.8 Å². The van der Waals surface area contributed by atoms with Gasteiger partial charge in [0.25, 0.3) is 5.91 Å². The third-order valence-electron chi connectivity index (χ3n) is 4.97. The molecule has 0 saturated carbocycles. The van der Waals surface area contributed by atoms with Crippen molar-refractivity contribution in [3.63, 3.8) is 0 Å². The molecule has 1 amide bonds. The number of hydrogen-bond donors (Lipinski definition) is 1. The van der Waals surface area contributed by atoms with Crippen molar-refractivity contribution >= 4 is 17.5 Å². The van der Waals surface area contributed by atoms with E-state index in [0.717, 1.165) is 42.3 Å². The molecule has 0 radical (unpaired) electrons. The second kappa shape index (κ2) is 9.80. The first kappa shape index (κ1) is 20.5. The minimum absolute atomic E-state index is 0.134. The van der Waals surface area contributed by atoms with Crippen LogP contribution in [0.3, 0.4) is 0 Å². The van der Waals surface area contributed by atoms with Crippen LogP contribution in [0.1, 0.15) is 25.0 Å². The number of fused-ring (bicyclic) bond motifs is 1. The summed E-state index contributed by atoms with van der Waals surface area (Å²) < 4.78 is 11.7. The summed E-state index contributed by atoms with van der Waals surface area (Å²) in [4.78, 5) is 14.9. The van der Waals surface area contributed by atoms with Gasteiger partial charge in [0.15, 0.2) is 6.10 Å². The van der Waals surface area contributed by atoms with E-state index in [2.05, 4.69) is 24.1 Å². The standard InChI is InChI=1S/C22H27ClN2O3/c1-3-25(4-2)11-12-27-19-8-6-5-7-16(19)15-24-22(26)21-14-17-13-18(23)9-10-20(17)28-21/h5-10,13,21H,3-4,11-12,14-15H2,1-2H3,(H,24,26)/t21-/m0/s1. The van der Waals surface area contributed by atoms with E-state index in [1.165, 1.54) is 0 Å². The molecule has 0 saturated heterocycles. The first-order chi connectivity index (χ1) is 13.6. The Labute approximate surface area is 171 Å². The van der Waals surface area contributed by atoms with Crippen LogP contribution in [0.25, 0.3) is 0 Å². The lowest BCUT2D eigenvalue weighted by molar-refractivity contribution is -0.127. The van der Waals surface area contributed by atoms with Crippen molar-refractivity contribution < 1.29 is 14.3 Å². The van der Waals surface area contributed by atoms with Gasteiger partial charge in [0, 0.05) is 30.1 Å². The van der Waals surface area contributed by atoms with Crippen LogP contribution >= 0.6 is 11.6 Å². The lowest BCUT2D eigenvalue weighted by Crippen LogP contribution is -2.37. The predicted octanol–water partition coefficient (Wildman–Crippen LogP) is 3.68. The van der Waals surface area contributed by atoms with Gasteiger partial charge >= 0.3 is 0 Å². The molecule has 3 rings (SSSR count). The molecular weight excluding hydrogens is 376 g/mol. The lowest BCUT2D eigenvalue weighted by atomic mass is 10.1. The van der Waals surface area contributed by atoms with E-state index in [1.54, 1.807) is 6.07 Å². The summed E-state index contributed by atoms with van der Waals surface area (Å²) in [6, 6.07) is 13.2. The molecule has 1 atom stereocenters. The normalized spacial score (nSPS) is 15.2. The number of ether oxygens (including phenoxy) is 2. The van der Waals surface area contributed by atoms with Gasteiger partial charge in [0.05, 0.1) is 0 Å². The largest absolute Gasteiger partial charge is 0.492 e. The molecule has 1 aliphatic rings. The van der Waals surface area contributed by atoms with Crippen molar-refractivity contribution in [3.05, 3.63) is 58.6 Å². The fraction of sp³-hybridized carbons (Fsp3) is 0.409. The number of benzene rings is 2. The van der Waals surface area contributed by atoms with Crippen molar-refractivity contribution in [1.29, 1.82) is 0 Å². The van der Waals surface area contributed by atoms with E-state index in [-0.39, 0.29) is 5.91 Å². The summed E-state index contributed by atoms with van der Waals surface area (Å²) in [5, 5.41) is 3.62. The fourth-order valence-electron chi connectivity index (χ4n) is 3.27. The average molecular weight is 403 g/mol. The Morgan fingerprint density at radius 3 is 2.82 bits per heavy atom. The molecule has 6 heteroatoms. The molecule has 0 aliphatic carbocycles. The molecule has 2 aromatic rings. The average Bonchev–Trinajstić information content (AvgIpc) is 3.13. The van der Waals surface area contributed by atoms with Gasteiger partial charge in [-0.1, -0.05) is 43.6 Å². The molecule has 1 aliphatic heterocycles. The molecule has 28 heavy (non-hydrogen) atoms. The SMILES string of the molecule is CCN(CC)CCOc1ccccc1CNC(=O)[C@@H]1Cc2cc(Cl)ccc2O1. The van der Waals surface area contributed by atoms with Crippen LogP contribution in [0, 0.1) is 0 Å². The molecule has 0 bridgehead atoms. The lowest BCUT2D eigenvalue weighted by Gasteiger charge is -2.19. The molecule has 150 valence electrons. The summed E-state index contributed by atoms with van der Waals surface area (Å²) in [5.74, 6) is 1.40. The van der Waals surface area contributed by atoms with E-state index >= 15 is 0 Å². The minimum Gasteiger partial charge on any atom is -0.492 e. The zero-order chi connectivity index (χ0) is 19.9. The predicted molar refractivity (Wildman–Crippen MR) is 111 cm³/mol. The Hall–Kier alpha value is -2.24. The highest BCUT2D eigenvalue weighted by Gasteiger charge is 2.29. The molecule has 0 unspecified atom stereocenters. The number of rotatable bonds is 9. The smallest absolute Gasteiger partial charge is 0.261 e. The zero-order valence-corrected chi connectivity index (χ0v) is 17.2. The van der Waals surface area contributed by atoms with Crippen LogP contribution < -0.4 is 14.8 Å². The summed E-state index contributed by atoms with van der Waals surface area (Å²) in [6.45, 7) is 8.20. The highest BCUT2D eigenvalue weighted by Crippen LogP contribution is 2.31. The van der Waals surface area contributed by atoms with E-state index < -0.39 is 6.10 Å². The third kappa shape index (κ3) is 5.18. The van der Waals surface area contributed by atoms with Crippen molar-refractivity contribution in [2.24, 2.45) is 0 Å². The molecule has 5 nitrogen and oxygen atoms in total. The van der Waals surface area contributed by atoms with Gasteiger partial charge in [-0.2, -0.15) is 0 Å². The molecular formula is C22H27ClN2O3. The van der Waals surface area contributed by atoms with Crippen LogP contribution in [-0.4, -0.2) is 43.2 Å². The third-order valence-corrected chi connectivity index (χ3v) is 5.21. The number of carbonyl (C=O) groups excluding carboxylic acids is 1. The van der Waals surface area contributed by atoms with Crippen LogP contribution in [0.15, 0.2) is 42.5 Å². The van der Waals surface area contributed by atoms with Gasteiger partial charge in [-0.05, 0) is 42.9 Å². The van der Waals surface area contributed by atoms with E-state index in [4.69, 9.17) is 21.1 Å². The molecule has 1 N–H and O–H groups in total. The van der Waals surface area contributed by atoms with Crippen molar-refractivity contribution in [1.82, 2.24) is 10.2 Å². The second-order valence-electron chi connectivity index (χ2n) is 6.76. The van der Waals surface area contributed by atoms with Gasteiger partial charge in [-0.25, -0.2) is 0 Å². The van der Waals surface area contributed by atoms with Gasteiger partial charge in [-0.3, -0.25) is 4.79 Å². The molecule has 0 spiro atoms. The maximum atomic E-state index is 12.5. The first-order valence-electron chi connectivity index (χ1n) is 9.76. The number of likely N-dealkylation sites (N-methyl/N-ethyl adjacent to an activating group) is 1. The van der Waals surface area contributed by atoms with Gasteiger partial charge in [-0.15, -0.1) is 0 Å². The monoisotopic (exact) mass is 402 g/mol. The number of para-hydroxylation sites is 1. The summed E-state index contributed by atoms with van der Waals surface area (Å²) in [5.41, 5.74) is 1.92. The Morgan fingerprint density at radius 2 is 2.04 bits per heavy atom. The quantitative estimate of drug-likeness (QED) is 0.695. The highest BCUT2D eigenvalue weighted by molar-refractivity contribution is 6.30. The van der Waals surface area contributed by atoms with Crippen molar-refractivity contribution in [2.45, 2.75) is 32.9 Å². The van der Waals surface area contributed by atoms with E-state index in [9.17, 15) is 4.79 Å². The number of hydrogen-bond acceptors (Lipinski definition) is 4. The first-order valence-corrected chi connectivity index (χ1v) is 10.1. The van der Waals surface area contributed by atoms with E-state index in [1.807, 2.05) is 36.4 Å². The number of carbonyl (C=O) groups is 1. The summed E-state index contributed by atoms with van der Waals surface area (Å²) in [6.07, 6.45) is 0.00762. The maximum Gasteiger partial charge on any atom is 0.261 e. The number of halogens is 1. The van der Waals surface area contributed by atoms with Gasteiger partial charge in [0.2, 0.25) is 0 Å². The van der Waals surface area contributed by atoms with Gasteiger partial charge < -0.3 is 19.7 Å². The number of amides is 1. The second-order valence-corrected chi connectivity index (χ2v) is 7.20. The Bertz CT molecular complexity index is 808.